The first kappa shape index (κ1) is 19.0. The average Bonchev–Trinajstić information content (AvgIpc) is 2.74. The molecular formula is C22H22N4O3. The molecule has 1 aliphatic rings. The highest BCUT2D eigenvalue weighted by molar-refractivity contribution is 5.95. The molecule has 0 spiro atoms. The Kier molecular flexibility index (Phi) is 5.22. The molecule has 148 valence electrons. The lowest BCUT2D eigenvalue weighted by Crippen LogP contribution is -2.48. The summed E-state index contributed by atoms with van der Waals surface area (Å²) in [5.74, 6) is -0.153. The van der Waals surface area contributed by atoms with Crippen LogP contribution in [0, 0.1) is 17.0 Å². The van der Waals surface area contributed by atoms with Crippen LogP contribution in [0.1, 0.15) is 21.5 Å². The number of para-hydroxylation sites is 1. The number of nitro benzene ring substituents is 1. The van der Waals surface area contributed by atoms with Crippen molar-refractivity contribution in [1.82, 2.24) is 14.8 Å². The van der Waals surface area contributed by atoms with Crippen molar-refractivity contribution >= 4 is 22.5 Å². The highest BCUT2D eigenvalue weighted by atomic mass is 16.6. The molecule has 0 unspecified atom stereocenters. The number of carbonyl (C=O) groups excluding carboxylic acids is 1. The number of hydrogen-bond donors (Lipinski definition) is 0. The third-order valence-electron chi connectivity index (χ3n) is 5.42. The molecule has 4 rings (SSSR count). The Balaban J connectivity index is 1.42. The first-order chi connectivity index (χ1) is 14.0. The molecule has 1 saturated heterocycles. The fourth-order valence-electron chi connectivity index (χ4n) is 3.77. The Morgan fingerprint density at radius 1 is 1.10 bits per heavy atom. The summed E-state index contributed by atoms with van der Waals surface area (Å²) < 4.78 is 0. The molecule has 3 aromatic rings. The number of aryl methyl sites for hydroxylation is 1. The van der Waals surface area contributed by atoms with Crippen LogP contribution in [0.15, 0.2) is 54.7 Å². The van der Waals surface area contributed by atoms with Gasteiger partial charge in [-0.2, -0.15) is 0 Å². The van der Waals surface area contributed by atoms with E-state index in [1.54, 1.807) is 24.0 Å². The van der Waals surface area contributed by atoms with E-state index in [0.717, 1.165) is 30.5 Å². The lowest BCUT2D eigenvalue weighted by Gasteiger charge is -2.35. The van der Waals surface area contributed by atoms with Gasteiger partial charge in [-0.3, -0.25) is 24.8 Å². The number of benzene rings is 2. The van der Waals surface area contributed by atoms with Crippen molar-refractivity contribution in [3.63, 3.8) is 0 Å². The number of carbonyl (C=O) groups is 1. The largest absolute Gasteiger partial charge is 0.336 e. The predicted molar refractivity (Wildman–Crippen MR) is 111 cm³/mol. The molecule has 1 aromatic heterocycles. The normalized spacial score (nSPS) is 14.9. The summed E-state index contributed by atoms with van der Waals surface area (Å²) in [5.41, 5.74) is 3.10. The lowest BCUT2D eigenvalue weighted by atomic mass is 10.1. The maximum absolute atomic E-state index is 12.8. The standard InChI is InChI=1S/C22H22N4O3/c1-16-7-8-18(14-20(16)26(28)29)22(27)25-12-10-24(11-13-25)15-19-5-2-4-17-6-3-9-23-21(17)19/h2-9,14H,10-13,15H2,1H3. The summed E-state index contributed by atoms with van der Waals surface area (Å²) in [6.45, 7) is 5.16. The second-order valence-electron chi connectivity index (χ2n) is 7.32. The van der Waals surface area contributed by atoms with Gasteiger partial charge in [0.1, 0.15) is 0 Å². The number of nitro groups is 1. The van der Waals surface area contributed by atoms with E-state index in [4.69, 9.17) is 0 Å². The number of aromatic nitrogens is 1. The number of rotatable bonds is 4. The Bertz CT molecular complexity index is 1070. The van der Waals surface area contributed by atoms with E-state index in [1.807, 2.05) is 18.3 Å². The van der Waals surface area contributed by atoms with Gasteiger partial charge in [0.15, 0.2) is 0 Å². The van der Waals surface area contributed by atoms with E-state index in [9.17, 15) is 14.9 Å². The average molecular weight is 390 g/mol. The third-order valence-corrected chi connectivity index (χ3v) is 5.42. The van der Waals surface area contributed by atoms with Gasteiger partial charge in [0, 0.05) is 61.5 Å². The molecule has 2 heterocycles. The highest BCUT2D eigenvalue weighted by Gasteiger charge is 2.24. The van der Waals surface area contributed by atoms with Gasteiger partial charge in [0.2, 0.25) is 0 Å². The van der Waals surface area contributed by atoms with E-state index in [1.165, 1.54) is 11.6 Å². The molecule has 0 N–H and O–H groups in total. The summed E-state index contributed by atoms with van der Waals surface area (Å²) in [7, 11) is 0. The van der Waals surface area contributed by atoms with Crippen molar-refractivity contribution in [2.24, 2.45) is 0 Å². The minimum atomic E-state index is -0.442. The van der Waals surface area contributed by atoms with Crippen molar-refractivity contribution in [2.75, 3.05) is 26.2 Å². The van der Waals surface area contributed by atoms with Crippen LogP contribution in [-0.2, 0) is 6.54 Å². The smallest absolute Gasteiger partial charge is 0.273 e. The van der Waals surface area contributed by atoms with Crippen molar-refractivity contribution in [3.05, 3.63) is 81.5 Å². The van der Waals surface area contributed by atoms with Crippen LogP contribution in [0.3, 0.4) is 0 Å². The van der Waals surface area contributed by atoms with E-state index in [-0.39, 0.29) is 11.6 Å². The molecule has 0 radical (unpaired) electrons. The molecule has 0 aliphatic carbocycles. The van der Waals surface area contributed by atoms with Crippen LogP contribution < -0.4 is 0 Å². The SMILES string of the molecule is Cc1ccc(C(=O)N2CCN(Cc3cccc4cccnc34)CC2)cc1[N+](=O)[O-]. The molecular weight excluding hydrogens is 368 g/mol. The summed E-state index contributed by atoms with van der Waals surface area (Å²) >= 11 is 0. The third kappa shape index (κ3) is 3.95. The van der Waals surface area contributed by atoms with E-state index >= 15 is 0 Å². The number of fused-ring (bicyclic) bond motifs is 1. The number of piperazine rings is 1. The van der Waals surface area contributed by atoms with Crippen molar-refractivity contribution in [3.8, 4) is 0 Å². The minimum absolute atomic E-state index is 0.0158. The molecule has 2 aromatic carbocycles. The zero-order valence-electron chi connectivity index (χ0n) is 16.2. The van der Waals surface area contributed by atoms with Crippen LogP contribution in [0.2, 0.25) is 0 Å². The predicted octanol–water partition coefficient (Wildman–Crippen LogP) is 3.41. The van der Waals surface area contributed by atoms with Crippen molar-refractivity contribution < 1.29 is 9.72 Å². The van der Waals surface area contributed by atoms with Gasteiger partial charge in [0.05, 0.1) is 10.4 Å². The summed E-state index contributed by atoms with van der Waals surface area (Å²) in [5, 5.41) is 12.3. The zero-order chi connectivity index (χ0) is 20.4. The van der Waals surface area contributed by atoms with Gasteiger partial charge >= 0.3 is 0 Å². The van der Waals surface area contributed by atoms with Crippen LogP contribution in [0.5, 0.6) is 0 Å². The zero-order valence-corrected chi connectivity index (χ0v) is 16.2. The van der Waals surface area contributed by atoms with Gasteiger partial charge < -0.3 is 4.90 Å². The lowest BCUT2D eigenvalue weighted by molar-refractivity contribution is -0.385. The summed E-state index contributed by atoms with van der Waals surface area (Å²) in [6, 6.07) is 14.9. The van der Waals surface area contributed by atoms with Gasteiger partial charge in [-0.25, -0.2) is 0 Å². The number of nitrogens with zero attached hydrogens (tertiary/aromatic N) is 4. The fraction of sp³-hybridized carbons (Fsp3) is 0.273. The Morgan fingerprint density at radius 3 is 2.62 bits per heavy atom. The molecule has 1 aliphatic heterocycles. The number of hydrogen-bond acceptors (Lipinski definition) is 5. The molecule has 7 heteroatoms. The van der Waals surface area contributed by atoms with Crippen LogP contribution >= 0.6 is 0 Å². The molecule has 29 heavy (non-hydrogen) atoms. The number of amides is 1. The monoisotopic (exact) mass is 390 g/mol. The second kappa shape index (κ2) is 7.97. The Hall–Kier alpha value is -3.32. The quantitative estimate of drug-likeness (QED) is 0.504. The van der Waals surface area contributed by atoms with Crippen molar-refractivity contribution in [2.45, 2.75) is 13.5 Å². The first-order valence-corrected chi connectivity index (χ1v) is 9.62. The van der Waals surface area contributed by atoms with Crippen LogP contribution in [0.4, 0.5) is 5.69 Å². The Morgan fingerprint density at radius 2 is 1.86 bits per heavy atom. The maximum atomic E-state index is 12.8. The van der Waals surface area contributed by atoms with E-state index in [2.05, 4.69) is 28.1 Å². The summed E-state index contributed by atoms with van der Waals surface area (Å²) in [4.78, 5) is 32.1. The number of pyridine rings is 1. The molecule has 0 atom stereocenters. The van der Waals surface area contributed by atoms with E-state index in [0.29, 0.717) is 24.2 Å². The summed E-state index contributed by atoms with van der Waals surface area (Å²) in [6.07, 6.45) is 1.81. The molecule has 1 amide bonds. The Labute approximate surface area is 168 Å². The van der Waals surface area contributed by atoms with Gasteiger partial charge in [-0.15, -0.1) is 0 Å². The van der Waals surface area contributed by atoms with Gasteiger partial charge in [0.25, 0.3) is 11.6 Å². The second-order valence-corrected chi connectivity index (χ2v) is 7.32. The van der Waals surface area contributed by atoms with Crippen molar-refractivity contribution in [1.29, 1.82) is 0 Å². The van der Waals surface area contributed by atoms with Gasteiger partial charge in [-0.1, -0.05) is 30.3 Å². The molecule has 0 saturated carbocycles. The fourth-order valence-corrected chi connectivity index (χ4v) is 3.77. The van der Waals surface area contributed by atoms with E-state index < -0.39 is 4.92 Å². The van der Waals surface area contributed by atoms with Gasteiger partial charge in [-0.05, 0) is 24.6 Å². The molecule has 0 bridgehead atoms. The maximum Gasteiger partial charge on any atom is 0.273 e. The van der Waals surface area contributed by atoms with Crippen LogP contribution in [0.25, 0.3) is 10.9 Å². The minimum Gasteiger partial charge on any atom is -0.336 e. The molecule has 7 nitrogen and oxygen atoms in total. The molecule has 1 fully saturated rings. The topological polar surface area (TPSA) is 79.6 Å². The first-order valence-electron chi connectivity index (χ1n) is 9.62. The highest BCUT2D eigenvalue weighted by Crippen LogP contribution is 2.22. The van der Waals surface area contributed by atoms with Crippen LogP contribution in [-0.4, -0.2) is 51.8 Å².